The van der Waals surface area contributed by atoms with Crippen molar-refractivity contribution >= 4 is 11.9 Å². The van der Waals surface area contributed by atoms with E-state index in [1.807, 2.05) is 32.0 Å². The van der Waals surface area contributed by atoms with Crippen LogP contribution in [-0.2, 0) is 16.0 Å². The number of aliphatic carboxylic acids is 1. The molecule has 0 radical (unpaired) electrons. The van der Waals surface area contributed by atoms with E-state index in [1.165, 1.54) is 0 Å². The van der Waals surface area contributed by atoms with Crippen LogP contribution in [0.4, 0.5) is 0 Å². The van der Waals surface area contributed by atoms with Gasteiger partial charge in [0.25, 0.3) is 0 Å². The second-order valence-electron chi connectivity index (χ2n) is 6.79. The minimum atomic E-state index is -0.751. The number of likely N-dealkylation sites (tertiary alicyclic amines) is 1. The summed E-state index contributed by atoms with van der Waals surface area (Å²) in [5.74, 6) is -0.404. The Kier molecular flexibility index (Phi) is 3.94. The summed E-state index contributed by atoms with van der Waals surface area (Å²) in [5, 5.41) is 9.40. The van der Waals surface area contributed by atoms with Crippen molar-refractivity contribution in [2.45, 2.75) is 33.1 Å². The van der Waals surface area contributed by atoms with Crippen LogP contribution in [0.3, 0.4) is 0 Å². The van der Waals surface area contributed by atoms with E-state index in [4.69, 9.17) is 0 Å². The summed E-state index contributed by atoms with van der Waals surface area (Å²) in [6, 6.07) is 6.04. The summed E-state index contributed by atoms with van der Waals surface area (Å²) in [6.07, 6.45) is 2.61. The van der Waals surface area contributed by atoms with Gasteiger partial charge in [-0.25, -0.2) is 0 Å². The molecule has 1 aliphatic heterocycles. The molecular weight excluding hydrogens is 278 g/mol. The molecule has 2 fully saturated rings. The summed E-state index contributed by atoms with van der Waals surface area (Å²) in [5.41, 5.74) is 3.33. The van der Waals surface area contributed by atoms with E-state index in [2.05, 4.69) is 0 Å². The summed E-state index contributed by atoms with van der Waals surface area (Å²) in [7, 11) is 0. The number of hydrogen-bond acceptors (Lipinski definition) is 2. The number of carboxylic acid groups (broad SMARTS) is 1. The van der Waals surface area contributed by atoms with Crippen LogP contribution in [-0.4, -0.2) is 35.0 Å². The molecule has 1 saturated carbocycles. The van der Waals surface area contributed by atoms with E-state index >= 15 is 0 Å². The number of rotatable bonds is 4. The Labute approximate surface area is 131 Å². The van der Waals surface area contributed by atoms with Crippen molar-refractivity contribution in [3.63, 3.8) is 0 Å². The fourth-order valence-electron chi connectivity index (χ4n) is 3.69. The molecule has 4 nitrogen and oxygen atoms in total. The third-order valence-corrected chi connectivity index (χ3v) is 5.23. The average molecular weight is 301 g/mol. The van der Waals surface area contributed by atoms with Crippen LogP contribution >= 0.6 is 0 Å². The van der Waals surface area contributed by atoms with Gasteiger partial charge in [-0.05, 0) is 55.2 Å². The highest BCUT2D eigenvalue weighted by atomic mass is 16.4. The first-order valence-corrected chi connectivity index (χ1v) is 8.03. The lowest BCUT2D eigenvalue weighted by Crippen LogP contribution is -2.31. The molecule has 1 N–H and O–H groups in total. The molecule has 1 saturated heterocycles. The zero-order valence-corrected chi connectivity index (χ0v) is 13.2. The number of carbonyl (C=O) groups is 2. The van der Waals surface area contributed by atoms with Crippen molar-refractivity contribution in [1.29, 1.82) is 0 Å². The molecule has 4 heteroatoms. The topological polar surface area (TPSA) is 57.6 Å². The monoisotopic (exact) mass is 301 g/mol. The van der Waals surface area contributed by atoms with Crippen LogP contribution in [0.2, 0.25) is 0 Å². The quantitative estimate of drug-likeness (QED) is 0.929. The molecule has 22 heavy (non-hydrogen) atoms. The van der Waals surface area contributed by atoms with Crippen LogP contribution < -0.4 is 0 Å². The zero-order valence-electron chi connectivity index (χ0n) is 13.2. The SMILES string of the molecule is Cc1cccc(C)c1CC(=O)N1C[C@H](C(=O)O)[C@@H](C2CC2)C1. The van der Waals surface area contributed by atoms with E-state index in [9.17, 15) is 14.7 Å². The minimum absolute atomic E-state index is 0.0619. The van der Waals surface area contributed by atoms with Crippen molar-refractivity contribution in [3.05, 3.63) is 34.9 Å². The molecule has 0 spiro atoms. The van der Waals surface area contributed by atoms with Crippen LogP contribution in [0, 0.1) is 31.6 Å². The van der Waals surface area contributed by atoms with E-state index < -0.39 is 5.97 Å². The van der Waals surface area contributed by atoms with E-state index in [1.54, 1.807) is 4.90 Å². The van der Waals surface area contributed by atoms with Gasteiger partial charge < -0.3 is 10.0 Å². The van der Waals surface area contributed by atoms with Crippen LogP contribution in [0.15, 0.2) is 18.2 Å². The van der Waals surface area contributed by atoms with Crippen LogP contribution in [0.1, 0.15) is 29.5 Å². The maximum Gasteiger partial charge on any atom is 0.308 e. The summed E-state index contributed by atoms with van der Waals surface area (Å²) in [6.45, 7) is 5.03. The molecule has 2 aliphatic rings. The molecule has 1 heterocycles. The summed E-state index contributed by atoms with van der Waals surface area (Å²) >= 11 is 0. The maximum atomic E-state index is 12.6. The Balaban J connectivity index is 1.72. The Hall–Kier alpha value is -1.84. The normalized spacial score (nSPS) is 24.5. The highest BCUT2D eigenvalue weighted by Gasteiger charge is 2.46. The molecular formula is C18H23NO3. The third kappa shape index (κ3) is 2.87. The van der Waals surface area contributed by atoms with Crippen molar-refractivity contribution in [2.75, 3.05) is 13.1 Å². The molecule has 1 amide bonds. The molecule has 1 aromatic rings. The highest BCUT2D eigenvalue weighted by Crippen LogP contribution is 2.44. The van der Waals surface area contributed by atoms with Gasteiger partial charge in [0, 0.05) is 13.1 Å². The molecule has 2 atom stereocenters. The lowest BCUT2D eigenvalue weighted by molar-refractivity contribution is -0.142. The van der Waals surface area contributed by atoms with E-state index in [-0.39, 0.29) is 17.7 Å². The van der Waals surface area contributed by atoms with Gasteiger partial charge in [0.15, 0.2) is 0 Å². The van der Waals surface area contributed by atoms with Crippen molar-refractivity contribution in [1.82, 2.24) is 4.90 Å². The molecule has 0 unspecified atom stereocenters. The maximum absolute atomic E-state index is 12.6. The minimum Gasteiger partial charge on any atom is -0.481 e. The largest absolute Gasteiger partial charge is 0.481 e. The van der Waals surface area contributed by atoms with Gasteiger partial charge in [0.05, 0.1) is 12.3 Å². The first-order valence-electron chi connectivity index (χ1n) is 8.03. The second-order valence-corrected chi connectivity index (χ2v) is 6.79. The van der Waals surface area contributed by atoms with E-state index in [0.29, 0.717) is 25.4 Å². The van der Waals surface area contributed by atoms with Gasteiger partial charge >= 0.3 is 5.97 Å². The number of benzene rings is 1. The van der Waals surface area contributed by atoms with Gasteiger partial charge in [-0.15, -0.1) is 0 Å². The standard InChI is InChI=1S/C18H23NO3/c1-11-4-3-5-12(2)14(11)8-17(20)19-9-15(13-6-7-13)16(10-19)18(21)22/h3-5,13,15-16H,6-10H2,1-2H3,(H,21,22)/t15-,16+/m1/s1. The molecule has 1 aromatic carbocycles. The second kappa shape index (κ2) is 5.75. The Morgan fingerprint density at radius 2 is 1.82 bits per heavy atom. The Morgan fingerprint density at radius 3 is 2.36 bits per heavy atom. The number of aryl methyl sites for hydroxylation is 2. The average Bonchev–Trinajstić information content (AvgIpc) is 3.21. The first-order chi connectivity index (χ1) is 10.5. The Morgan fingerprint density at radius 1 is 1.18 bits per heavy atom. The predicted octanol–water partition coefficient (Wildman–Crippen LogP) is 2.42. The predicted molar refractivity (Wildman–Crippen MR) is 83.5 cm³/mol. The number of carbonyl (C=O) groups excluding carboxylic acids is 1. The number of hydrogen-bond donors (Lipinski definition) is 1. The van der Waals surface area contributed by atoms with Crippen molar-refractivity contribution in [2.24, 2.45) is 17.8 Å². The van der Waals surface area contributed by atoms with E-state index in [0.717, 1.165) is 29.5 Å². The Bertz CT molecular complexity index is 586. The van der Waals surface area contributed by atoms with Gasteiger partial charge in [-0.1, -0.05) is 18.2 Å². The first kappa shape index (κ1) is 15.1. The van der Waals surface area contributed by atoms with Crippen molar-refractivity contribution < 1.29 is 14.7 Å². The number of carboxylic acids is 1. The lowest BCUT2D eigenvalue weighted by Gasteiger charge is -2.18. The van der Waals surface area contributed by atoms with Gasteiger partial charge in [0.1, 0.15) is 0 Å². The number of nitrogens with zero attached hydrogens (tertiary/aromatic N) is 1. The fourth-order valence-corrected chi connectivity index (χ4v) is 3.69. The third-order valence-electron chi connectivity index (χ3n) is 5.23. The van der Waals surface area contributed by atoms with Gasteiger partial charge in [-0.3, -0.25) is 9.59 Å². The number of amides is 1. The zero-order chi connectivity index (χ0) is 15.9. The molecule has 0 bridgehead atoms. The van der Waals surface area contributed by atoms with Gasteiger partial charge in [-0.2, -0.15) is 0 Å². The molecule has 0 aromatic heterocycles. The smallest absolute Gasteiger partial charge is 0.308 e. The molecule has 3 rings (SSSR count). The highest BCUT2D eigenvalue weighted by molar-refractivity contribution is 5.81. The lowest BCUT2D eigenvalue weighted by atomic mass is 9.92. The van der Waals surface area contributed by atoms with Crippen LogP contribution in [0.5, 0.6) is 0 Å². The summed E-state index contributed by atoms with van der Waals surface area (Å²) in [4.78, 5) is 25.8. The molecule has 1 aliphatic carbocycles. The van der Waals surface area contributed by atoms with Crippen molar-refractivity contribution in [3.8, 4) is 0 Å². The fraction of sp³-hybridized carbons (Fsp3) is 0.556. The molecule has 118 valence electrons. The summed E-state index contributed by atoms with van der Waals surface area (Å²) < 4.78 is 0. The van der Waals surface area contributed by atoms with Gasteiger partial charge in [0.2, 0.25) is 5.91 Å². The van der Waals surface area contributed by atoms with Crippen LogP contribution in [0.25, 0.3) is 0 Å².